The minimum Gasteiger partial charge on any atom is -0.326 e. The Hall–Kier alpha value is -2.09. The molecule has 1 saturated heterocycles. The predicted octanol–water partition coefficient (Wildman–Crippen LogP) is 3.02. The van der Waals surface area contributed by atoms with Gasteiger partial charge in [0.2, 0.25) is 5.91 Å². The summed E-state index contributed by atoms with van der Waals surface area (Å²) in [6.45, 7) is 3.86. The van der Waals surface area contributed by atoms with Gasteiger partial charge >= 0.3 is 0 Å². The zero-order chi connectivity index (χ0) is 20.8. The topological polar surface area (TPSA) is 97.7 Å². The molecule has 0 radical (unpaired) electrons. The number of hydrogen-bond donors (Lipinski definition) is 1. The second-order valence-electron chi connectivity index (χ2n) is 8.12. The number of imidazole rings is 1. The van der Waals surface area contributed by atoms with Gasteiger partial charge in [0.1, 0.15) is 17.9 Å². The monoisotopic (exact) mass is 416 g/mol. The molecule has 3 rings (SSSR count). The Morgan fingerprint density at radius 1 is 1.34 bits per heavy atom. The maximum atomic E-state index is 12.4. The number of aryl methyl sites for hydroxylation is 1. The molecule has 0 aromatic carbocycles. The smallest absolute Gasteiger partial charge is 0.237 e. The van der Waals surface area contributed by atoms with Crippen LogP contribution in [-0.2, 0) is 17.8 Å². The maximum absolute atomic E-state index is 12.4. The van der Waals surface area contributed by atoms with Crippen molar-refractivity contribution in [3.63, 3.8) is 0 Å². The SMILES string of the molecule is CCCCc1nc(Cl)c(C#N)n1C[C@H]1CC[C@H](NCC(=O)N2CCC[C@H]2C#N)C1. The molecule has 1 aliphatic heterocycles. The van der Waals surface area contributed by atoms with E-state index in [4.69, 9.17) is 16.9 Å². The third-order valence-corrected chi connectivity index (χ3v) is 6.37. The van der Waals surface area contributed by atoms with Crippen LogP contribution in [0.4, 0.5) is 0 Å². The van der Waals surface area contributed by atoms with Gasteiger partial charge in [-0.15, -0.1) is 0 Å². The number of nitriles is 2. The minimum absolute atomic E-state index is 0.0208. The summed E-state index contributed by atoms with van der Waals surface area (Å²) in [5.41, 5.74) is 0.459. The Bertz CT molecular complexity index is 807. The van der Waals surface area contributed by atoms with Crippen molar-refractivity contribution in [2.45, 2.75) is 76.9 Å². The molecular weight excluding hydrogens is 388 g/mol. The number of carbonyl (C=O) groups is 1. The molecule has 0 spiro atoms. The molecule has 0 unspecified atom stereocenters. The van der Waals surface area contributed by atoms with Crippen LogP contribution in [0.25, 0.3) is 0 Å². The number of rotatable bonds is 8. The number of nitrogens with one attached hydrogen (secondary N) is 1. The lowest BCUT2D eigenvalue weighted by atomic mass is 10.1. The number of nitrogens with zero attached hydrogens (tertiary/aromatic N) is 5. The van der Waals surface area contributed by atoms with E-state index in [1.165, 1.54) is 0 Å². The standard InChI is InChI=1S/C21H29ClN6O/c1-2-3-6-19-26-21(22)18(12-24)28(19)14-15-7-8-16(10-15)25-13-20(29)27-9-4-5-17(27)11-23/h15-17,25H,2-10,13-14H2,1H3/t15-,16-,17-/m0/s1. The highest BCUT2D eigenvalue weighted by Gasteiger charge is 2.30. The third kappa shape index (κ3) is 5.10. The minimum atomic E-state index is -0.266. The summed E-state index contributed by atoms with van der Waals surface area (Å²) >= 11 is 6.18. The van der Waals surface area contributed by atoms with Crippen molar-refractivity contribution < 1.29 is 4.79 Å². The van der Waals surface area contributed by atoms with E-state index in [0.29, 0.717) is 23.3 Å². The van der Waals surface area contributed by atoms with Crippen LogP contribution in [0.15, 0.2) is 0 Å². The molecule has 1 aromatic rings. The fourth-order valence-corrected chi connectivity index (χ4v) is 4.75. The number of likely N-dealkylation sites (tertiary alicyclic amines) is 1. The van der Waals surface area contributed by atoms with Crippen LogP contribution < -0.4 is 5.32 Å². The van der Waals surface area contributed by atoms with Crippen molar-refractivity contribution >= 4 is 17.5 Å². The largest absolute Gasteiger partial charge is 0.326 e. The van der Waals surface area contributed by atoms with Crippen LogP contribution in [0.5, 0.6) is 0 Å². The molecule has 8 heteroatoms. The Balaban J connectivity index is 1.53. The number of aromatic nitrogens is 2. The molecule has 1 amide bonds. The zero-order valence-electron chi connectivity index (χ0n) is 17.0. The fourth-order valence-electron chi connectivity index (χ4n) is 4.51. The zero-order valence-corrected chi connectivity index (χ0v) is 17.8. The summed E-state index contributed by atoms with van der Waals surface area (Å²) in [4.78, 5) is 18.5. The van der Waals surface area contributed by atoms with Gasteiger partial charge < -0.3 is 14.8 Å². The Morgan fingerprint density at radius 2 is 2.17 bits per heavy atom. The quantitative estimate of drug-likeness (QED) is 0.702. The number of halogens is 1. The molecule has 2 aliphatic rings. The lowest BCUT2D eigenvalue weighted by Gasteiger charge is -2.21. The second kappa shape index (κ2) is 10.1. The van der Waals surface area contributed by atoms with Crippen LogP contribution in [0.3, 0.4) is 0 Å². The molecule has 156 valence electrons. The van der Waals surface area contributed by atoms with Crippen molar-refractivity contribution in [3.8, 4) is 12.1 Å². The van der Waals surface area contributed by atoms with E-state index >= 15 is 0 Å². The molecule has 3 atom stereocenters. The van der Waals surface area contributed by atoms with Gasteiger partial charge in [0, 0.05) is 25.6 Å². The van der Waals surface area contributed by atoms with Gasteiger partial charge in [0.05, 0.1) is 12.6 Å². The molecule has 1 N–H and O–H groups in total. The van der Waals surface area contributed by atoms with Crippen LogP contribution in [0, 0.1) is 28.6 Å². The lowest BCUT2D eigenvalue weighted by Crippen LogP contribution is -2.42. The Morgan fingerprint density at radius 3 is 2.90 bits per heavy atom. The Kier molecular flexibility index (Phi) is 7.52. The lowest BCUT2D eigenvalue weighted by molar-refractivity contribution is -0.130. The maximum Gasteiger partial charge on any atom is 0.237 e. The first-order valence-electron chi connectivity index (χ1n) is 10.6. The normalized spacial score (nSPS) is 23.9. The summed E-state index contributed by atoms with van der Waals surface area (Å²) in [6.07, 6.45) is 7.63. The molecule has 7 nitrogen and oxygen atoms in total. The molecule has 29 heavy (non-hydrogen) atoms. The third-order valence-electron chi connectivity index (χ3n) is 6.11. The van der Waals surface area contributed by atoms with Crippen LogP contribution >= 0.6 is 11.6 Å². The van der Waals surface area contributed by atoms with Crippen molar-refractivity contribution in [1.82, 2.24) is 19.8 Å². The average Bonchev–Trinajstić information content (AvgIpc) is 3.43. The highest BCUT2D eigenvalue weighted by atomic mass is 35.5. The van der Waals surface area contributed by atoms with E-state index in [2.05, 4.69) is 29.4 Å². The van der Waals surface area contributed by atoms with Crippen molar-refractivity contribution in [2.24, 2.45) is 5.92 Å². The molecule has 2 heterocycles. The van der Waals surface area contributed by atoms with Crippen molar-refractivity contribution in [3.05, 3.63) is 16.7 Å². The van der Waals surface area contributed by atoms with E-state index in [0.717, 1.165) is 63.7 Å². The summed E-state index contributed by atoms with van der Waals surface area (Å²) in [6, 6.07) is 4.45. The molecule has 1 aliphatic carbocycles. The van der Waals surface area contributed by atoms with Crippen LogP contribution in [0.2, 0.25) is 5.15 Å². The summed E-state index contributed by atoms with van der Waals surface area (Å²) < 4.78 is 2.00. The molecular formula is C21H29ClN6O. The average molecular weight is 417 g/mol. The molecule has 0 bridgehead atoms. The summed E-state index contributed by atoms with van der Waals surface area (Å²) in [5, 5.41) is 22.3. The first kappa shape index (κ1) is 21.6. The van der Waals surface area contributed by atoms with Crippen LogP contribution in [-0.4, -0.2) is 45.5 Å². The molecule has 2 fully saturated rings. The highest BCUT2D eigenvalue weighted by molar-refractivity contribution is 6.30. The fraction of sp³-hybridized carbons (Fsp3) is 0.714. The number of amides is 1. The van der Waals surface area contributed by atoms with E-state index < -0.39 is 0 Å². The van der Waals surface area contributed by atoms with Gasteiger partial charge in [0.15, 0.2) is 10.8 Å². The van der Waals surface area contributed by atoms with E-state index in [9.17, 15) is 10.1 Å². The van der Waals surface area contributed by atoms with E-state index in [-0.39, 0.29) is 24.5 Å². The first-order valence-corrected chi connectivity index (χ1v) is 11.0. The van der Waals surface area contributed by atoms with E-state index in [1.54, 1.807) is 4.90 Å². The van der Waals surface area contributed by atoms with Gasteiger partial charge in [0.25, 0.3) is 0 Å². The van der Waals surface area contributed by atoms with Crippen LogP contribution in [0.1, 0.15) is 63.4 Å². The summed E-state index contributed by atoms with van der Waals surface area (Å²) in [5.74, 6) is 1.35. The molecule has 1 saturated carbocycles. The van der Waals surface area contributed by atoms with Gasteiger partial charge in [-0.1, -0.05) is 24.9 Å². The number of unbranched alkanes of at least 4 members (excludes halogenated alkanes) is 1. The number of hydrogen-bond acceptors (Lipinski definition) is 5. The van der Waals surface area contributed by atoms with Gasteiger partial charge in [-0.25, -0.2) is 4.98 Å². The van der Waals surface area contributed by atoms with Gasteiger partial charge in [-0.05, 0) is 44.4 Å². The summed E-state index contributed by atoms with van der Waals surface area (Å²) in [7, 11) is 0. The van der Waals surface area contributed by atoms with Gasteiger partial charge in [-0.2, -0.15) is 10.5 Å². The van der Waals surface area contributed by atoms with Crippen molar-refractivity contribution in [1.29, 1.82) is 10.5 Å². The second-order valence-corrected chi connectivity index (χ2v) is 8.48. The Labute approximate surface area is 177 Å². The number of carbonyl (C=O) groups excluding carboxylic acids is 1. The van der Waals surface area contributed by atoms with Crippen molar-refractivity contribution in [2.75, 3.05) is 13.1 Å². The molecule has 1 aromatic heterocycles. The van der Waals surface area contributed by atoms with Gasteiger partial charge in [-0.3, -0.25) is 4.79 Å². The predicted molar refractivity (Wildman–Crippen MR) is 110 cm³/mol. The first-order chi connectivity index (χ1) is 14.1. The highest BCUT2D eigenvalue weighted by Crippen LogP contribution is 2.29. The van der Waals surface area contributed by atoms with E-state index in [1.807, 2.05) is 4.57 Å².